The number of benzene rings is 1. The zero-order chi connectivity index (χ0) is 16.0. The van der Waals surface area contributed by atoms with Crippen LogP contribution in [0.3, 0.4) is 0 Å². The van der Waals surface area contributed by atoms with E-state index in [2.05, 4.69) is 6.07 Å². The molecule has 3 nitrogen and oxygen atoms in total. The molecule has 0 amide bonds. The summed E-state index contributed by atoms with van der Waals surface area (Å²) in [4.78, 5) is 14.3. The summed E-state index contributed by atoms with van der Waals surface area (Å²) in [6, 6.07) is 4.74. The fourth-order valence-corrected chi connectivity index (χ4v) is 2.16. The smallest absolute Gasteiger partial charge is 0.179 e. The lowest BCUT2D eigenvalue weighted by atomic mass is 10.0. The van der Waals surface area contributed by atoms with Gasteiger partial charge in [-0.2, -0.15) is 5.26 Å². The lowest BCUT2D eigenvalue weighted by molar-refractivity contribution is 0.0824. The largest absolute Gasteiger partial charge is 0.292 e. The fourth-order valence-electron chi connectivity index (χ4n) is 2.16. The maximum absolute atomic E-state index is 13.2. The van der Waals surface area contributed by atoms with Crippen LogP contribution < -0.4 is 0 Å². The Morgan fingerprint density at radius 2 is 1.95 bits per heavy atom. The number of nitrogens with zero attached hydrogens (tertiary/aromatic N) is 2. The summed E-state index contributed by atoms with van der Waals surface area (Å²) in [5.41, 5.74) is 0.145. The van der Waals surface area contributed by atoms with E-state index < -0.39 is 17.7 Å². The van der Waals surface area contributed by atoms with Crippen molar-refractivity contribution in [2.75, 3.05) is 13.1 Å². The Balaban J connectivity index is 2.90. The third-order valence-electron chi connectivity index (χ3n) is 3.24. The molecule has 0 aliphatic rings. The summed E-state index contributed by atoms with van der Waals surface area (Å²) in [5, 5.41) is 8.70. The second-order valence-corrected chi connectivity index (χ2v) is 5.47. The van der Waals surface area contributed by atoms with Crippen LogP contribution in [0.1, 0.15) is 37.6 Å². The van der Waals surface area contributed by atoms with Crippen molar-refractivity contribution < 1.29 is 13.6 Å². The molecule has 1 unspecified atom stereocenters. The summed E-state index contributed by atoms with van der Waals surface area (Å²) < 4.78 is 26.2. The Morgan fingerprint density at radius 3 is 2.48 bits per heavy atom. The van der Waals surface area contributed by atoms with E-state index in [4.69, 9.17) is 5.26 Å². The first-order valence-corrected chi connectivity index (χ1v) is 6.97. The van der Waals surface area contributed by atoms with Crippen LogP contribution in [0.15, 0.2) is 18.2 Å². The number of halogens is 2. The third kappa shape index (κ3) is 4.91. The van der Waals surface area contributed by atoms with Gasteiger partial charge in [0, 0.05) is 25.1 Å². The molecule has 0 heterocycles. The molecule has 0 N–H and O–H groups in total. The van der Waals surface area contributed by atoms with Crippen LogP contribution in [0, 0.1) is 28.9 Å². The number of hydrogen-bond acceptors (Lipinski definition) is 3. The summed E-state index contributed by atoms with van der Waals surface area (Å²) in [5.74, 6) is -1.93. The molecule has 0 aromatic heterocycles. The van der Waals surface area contributed by atoms with E-state index in [0.29, 0.717) is 25.4 Å². The van der Waals surface area contributed by atoms with Gasteiger partial charge >= 0.3 is 0 Å². The van der Waals surface area contributed by atoms with E-state index in [1.54, 1.807) is 6.92 Å². The van der Waals surface area contributed by atoms with Gasteiger partial charge in [-0.05, 0) is 31.0 Å². The van der Waals surface area contributed by atoms with E-state index in [1.165, 1.54) is 6.07 Å². The average molecular weight is 294 g/mol. The minimum Gasteiger partial charge on any atom is -0.292 e. The number of rotatable bonds is 7. The van der Waals surface area contributed by atoms with E-state index in [1.807, 2.05) is 18.7 Å². The van der Waals surface area contributed by atoms with Crippen molar-refractivity contribution >= 4 is 5.78 Å². The number of carbonyl (C=O) groups excluding carboxylic acids is 1. The molecule has 0 aliphatic carbocycles. The van der Waals surface area contributed by atoms with Gasteiger partial charge in [0.25, 0.3) is 0 Å². The van der Waals surface area contributed by atoms with Crippen LogP contribution in [0.25, 0.3) is 0 Å². The predicted octanol–water partition coefficient (Wildman–Crippen LogP) is 3.41. The molecule has 0 saturated carbocycles. The quantitative estimate of drug-likeness (QED) is 0.724. The first kappa shape index (κ1) is 17.3. The molecule has 5 heteroatoms. The zero-order valence-electron chi connectivity index (χ0n) is 12.6. The standard InChI is InChI=1S/C16H20F2N2O/c1-11(2)10-20(8-4-7-19)12(3)16(21)13-5-6-14(17)15(18)9-13/h5-6,9,11-12H,4,8,10H2,1-3H3. The van der Waals surface area contributed by atoms with Crippen LogP contribution in [0.4, 0.5) is 8.78 Å². The lowest BCUT2D eigenvalue weighted by Gasteiger charge is -2.29. The molecule has 0 saturated heterocycles. The molecule has 21 heavy (non-hydrogen) atoms. The van der Waals surface area contributed by atoms with Crippen LogP contribution in [-0.2, 0) is 0 Å². The highest BCUT2D eigenvalue weighted by Crippen LogP contribution is 2.14. The topological polar surface area (TPSA) is 44.1 Å². The number of carbonyl (C=O) groups is 1. The van der Waals surface area contributed by atoms with Gasteiger partial charge in [-0.1, -0.05) is 13.8 Å². The monoisotopic (exact) mass is 294 g/mol. The highest BCUT2D eigenvalue weighted by Gasteiger charge is 2.23. The first-order valence-electron chi connectivity index (χ1n) is 6.97. The molecule has 0 bridgehead atoms. The maximum atomic E-state index is 13.2. The van der Waals surface area contributed by atoms with Crippen molar-refractivity contribution in [3.8, 4) is 6.07 Å². The SMILES string of the molecule is CC(C)CN(CCC#N)C(C)C(=O)c1ccc(F)c(F)c1. The number of hydrogen-bond donors (Lipinski definition) is 0. The molecular formula is C16H20F2N2O. The van der Waals surface area contributed by atoms with Gasteiger partial charge in [0.1, 0.15) is 0 Å². The molecule has 0 radical (unpaired) electrons. The molecule has 1 aromatic carbocycles. The van der Waals surface area contributed by atoms with Crippen LogP contribution in [0.5, 0.6) is 0 Å². The highest BCUT2D eigenvalue weighted by atomic mass is 19.2. The third-order valence-corrected chi connectivity index (χ3v) is 3.24. The first-order chi connectivity index (χ1) is 9.86. The Labute approximate surface area is 124 Å². The molecular weight excluding hydrogens is 274 g/mol. The number of Topliss-reactive ketones (excluding diaryl/α,β-unsaturated/α-hetero) is 1. The van der Waals surface area contributed by atoms with Crippen molar-refractivity contribution in [2.24, 2.45) is 5.92 Å². The molecule has 0 spiro atoms. The van der Waals surface area contributed by atoms with Gasteiger partial charge in [0.05, 0.1) is 12.1 Å². The van der Waals surface area contributed by atoms with Gasteiger partial charge in [0.15, 0.2) is 17.4 Å². The van der Waals surface area contributed by atoms with Crippen LogP contribution in [0.2, 0.25) is 0 Å². The van der Waals surface area contributed by atoms with Crippen molar-refractivity contribution in [3.05, 3.63) is 35.4 Å². The minimum atomic E-state index is -1.03. The lowest BCUT2D eigenvalue weighted by Crippen LogP contribution is -2.41. The van der Waals surface area contributed by atoms with Crippen LogP contribution in [-0.4, -0.2) is 29.8 Å². The Hall–Kier alpha value is -1.80. The maximum Gasteiger partial charge on any atom is 0.179 e. The zero-order valence-corrected chi connectivity index (χ0v) is 12.6. The highest BCUT2D eigenvalue weighted by molar-refractivity contribution is 5.99. The van der Waals surface area contributed by atoms with Gasteiger partial charge in [-0.15, -0.1) is 0 Å². The summed E-state index contributed by atoms with van der Waals surface area (Å²) in [6.45, 7) is 6.91. The Morgan fingerprint density at radius 1 is 1.29 bits per heavy atom. The fraction of sp³-hybridized carbons (Fsp3) is 0.500. The minimum absolute atomic E-state index is 0.145. The van der Waals surface area contributed by atoms with Gasteiger partial charge in [0.2, 0.25) is 0 Å². The number of ketones is 1. The van der Waals surface area contributed by atoms with Gasteiger partial charge in [-0.3, -0.25) is 9.69 Å². The molecule has 1 aromatic rings. The number of nitriles is 1. The second-order valence-electron chi connectivity index (χ2n) is 5.47. The van der Waals surface area contributed by atoms with Gasteiger partial charge in [-0.25, -0.2) is 8.78 Å². The molecule has 0 aliphatic heterocycles. The van der Waals surface area contributed by atoms with E-state index in [0.717, 1.165) is 12.1 Å². The summed E-state index contributed by atoms with van der Waals surface area (Å²) >= 11 is 0. The van der Waals surface area contributed by atoms with E-state index in [-0.39, 0.29) is 11.3 Å². The van der Waals surface area contributed by atoms with Crippen molar-refractivity contribution in [2.45, 2.75) is 33.2 Å². The Kier molecular flexibility index (Phi) is 6.44. The summed E-state index contributed by atoms with van der Waals surface area (Å²) in [7, 11) is 0. The van der Waals surface area contributed by atoms with Crippen molar-refractivity contribution in [3.63, 3.8) is 0 Å². The predicted molar refractivity (Wildman–Crippen MR) is 76.8 cm³/mol. The summed E-state index contributed by atoms with van der Waals surface area (Å²) in [6.07, 6.45) is 0.322. The van der Waals surface area contributed by atoms with Gasteiger partial charge < -0.3 is 0 Å². The van der Waals surface area contributed by atoms with Crippen molar-refractivity contribution in [1.29, 1.82) is 5.26 Å². The Bertz CT molecular complexity index is 538. The molecule has 0 fully saturated rings. The van der Waals surface area contributed by atoms with E-state index in [9.17, 15) is 13.6 Å². The molecule has 114 valence electrons. The second kappa shape index (κ2) is 7.84. The van der Waals surface area contributed by atoms with Crippen molar-refractivity contribution in [1.82, 2.24) is 4.90 Å². The normalized spacial score (nSPS) is 12.5. The molecule has 1 atom stereocenters. The van der Waals surface area contributed by atoms with Crippen LogP contribution >= 0.6 is 0 Å². The molecule has 1 rings (SSSR count). The average Bonchev–Trinajstić information content (AvgIpc) is 2.44. The van der Waals surface area contributed by atoms with E-state index >= 15 is 0 Å².